The van der Waals surface area contributed by atoms with E-state index in [4.69, 9.17) is 4.74 Å². The number of benzene rings is 1. The first-order chi connectivity index (χ1) is 9.08. The van der Waals surface area contributed by atoms with Crippen LogP contribution in [0.25, 0.3) is 0 Å². The first kappa shape index (κ1) is 16.2. The molecule has 1 aromatic carbocycles. The summed E-state index contributed by atoms with van der Waals surface area (Å²) in [5.41, 5.74) is 4.09. The Hall–Kier alpha value is -0.900. The van der Waals surface area contributed by atoms with E-state index in [1.54, 1.807) is 7.11 Å². The molecule has 19 heavy (non-hydrogen) atoms. The number of nitrogens with zero attached hydrogens (tertiary/aromatic N) is 1. The van der Waals surface area contributed by atoms with Gasteiger partial charge in [-0.1, -0.05) is 30.7 Å². The summed E-state index contributed by atoms with van der Waals surface area (Å²) < 4.78 is 5.14. The molecule has 0 fully saturated rings. The van der Waals surface area contributed by atoms with E-state index < -0.39 is 0 Å². The predicted octanol–water partition coefficient (Wildman–Crippen LogP) is 2.53. The quantitative estimate of drug-likeness (QED) is 0.781. The molecule has 0 saturated heterocycles. The highest BCUT2D eigenvalue weighted by atomic mass is 16.5. The highest BCUT2D eigenvalue weighted by Crippen LogP contribution is 2.20. The third-order valence-corrected chi connectivity index (χ3v) is 3.43. The van der Waals surface area contributed by atoms with Gasteiger partial charge in [0.25, 0.3) is 0 Å². The Kier molecular flexibility index (Phi) is 7.06. The van der Waals surface area contributed by atoms with Crippen LogP contribution in [0.3, 0.4) is 0 Å². The van der Waals surface area contributed by atoms with Crippen LogP contribution in [0, 0.1) is 13.8 Å². The van der Waals surface area contributed by atoms with Crippen LogP contribution in [0.5, 0.6) is 0 Å². The molecule has 0 saturated carbocycles. The second-order valence-corrected chi connectivity index (χ2v) is 5.23. The van der Waals surface area contributed by atoms with E-state index in [2.05, 4.69) is 56.2 Å². The fourth-order valence-electron chi connectivity index (χ4n) is 2.30. The average molecular weight is 264 g/mol. The lowest BCUT2D eigenvalue weighted by atomic mass is 9.98. The SMILES string of the molecule is CCNC(CN(C)CCOC)c1cc(C)ccc1C. The van der Waals surface area contributed by atoms with Crippen molar-refractivity contribution in [3.05, 3.63) is 34.9 Å². The van der Waals surface area contributed by atoms with Crippen LogP contribution in [-0.2, 0) is 4.74 Å². The van der Waals surface area contributed by atoms with Gasteiger partial charge in [-0.15, -0.1) is 0 Å². The molecule has 0 aliphatic heterocycles. The standard InChI is InChI=1S/C16H28N2O/c1-6-17-16(12-18(4)9-10-19-5)15-11-13(2)7-8-14(15)3/h7-8,11,16-17H,6,9-10,12H2,1-5H3. The van der Waals surface area contributed by atoms with Crippen molar-refractivity contribution in [3.8, 4) is 0 Å². The minimum absolute atomic E-state index is 0.381. The largest absolute Gasteiger partial charge is 0.383 e. The van der Waals surface area contributed by atoms with Gasteiger partial charge < -0.3 is 15.0 Å². The summed E-state index contributed by atoms with van der Waals surface area (Å²) in [5.74, 6) is 0. The van der Waals surface area contributed by atoms with E-state index >= 15 is 0 Å². The Bertz CT molecular complexity index is 379. The maximum Gasteiger partial charge on any atom is 0.0589 e. The number of hydrogen-bond acceptors (Lipinski definition) is 3. The van der Waals surface area contributed by atoms with Crippen LogP contribution in [-0.4, -0.2) is 45.3 Å². The van der Waals surface area contributed by atoms with Gasteiger partial charge >= 0.3 is 0 Å². The summed E-state index contributed by atoms with van der Waals surface area (Å²) >= 11 is 0. The Morgan fingerprint density at radius 1 is 1.32 bits per heavy atom. The molecule has 3 heteroatoms. The van der Waals surface area contributed by atoms with E-state index in [-0.39, 0.29) is 0 Å². The lowest BCUT2D eigenvalue weighted by Gasteiger charge is -2.26. The molecular formula is C16H28N2O. The third-order valence-electron chi connectivity index (χ3n) is 3.43. The zero-order chi connectivity index (χ0) is 14.3. The molecule has 0 aromatic heterocycles. The second kappa shape index (κ2) is 8.31. The van der Waals surface area contributed by atoms with Gasteiger partial charge in [0.05, 0.1) is 6.61 Å². The predicted molar refractivity (Wildman–Crippen MR) is 81.7 cm³/mol. The van der Waals surface area contributed by atoms with Crippen molar-refractivity contribution < 1.29 is 4.74 Å². The number of methoxy groups -OCH3 is 1. The maximum absolute atomic E-state index is 5.14. The second-order valence-electron chi connectivity index (χ2n) is 5.23. The van der Waals surface area contributed by atoms with E-state index in [1.807, 2.05) is 0 Å². The molecule has 1 atom stereocenters. The van der Waals surface area contributed by atoms with Crippen molar-refractivity contribution in [1.29, 1.82) is 0 Å². The van der Waals surface area contributed by atoms with Gasteiger partial charge in [0.15, 0.2) is 0 Å². The minimum Gasteiger partial charge on any atom is -0.383 e. The van der Waals surface area contributed by atoms with E-state index in [0.717, 1.165) is 26.2 Å². The molecule has 1 aromatic rings. The molecule has 0 aliphatic carbocycles. The summed E-state index contributed by atoms with van der Waals surface area (Å²) in [6, 6.07) is 7.07. The van der Waals surface area contributed by atoms with Crippen molar-refractivity contribution in [2.75, 3.05) is 40.4 Å². The zero-order valence-electron chi connectivity index (χ0n) is 13.0. The molecular weight excluding hydrogens is 236 g/mol. The molecule has 3 nitrogen and oxygen atoms in total. The van der Waals surface area contributed by atoms with Crippen molar-refractivity contribution in [2.24, 2.45) is 0 Å². The van der Waals surface area contributed by atoms with Crippen LogP contribution < -0.4 is 5.32 Å². The number of rotatable bonds is 8. The first-order valence-corrected chi connectivity index (χ1v) is 7.06. The van der Waals surface area contributed by atoms with Crippen molar-refractivity contribution in [1.82, 2.24) is 10.2 Å². The van der Waals surface area contributed by atoms with E-state index in [9.17, 15) is 0 Å². The summed E-state index contributed by atoms with van der Waals surface area (Å²) in [4.78, 5) is 2.32. The van der Waals surface area contributed by atoms with Gasteiger partial charge in [-0.2, -0.15) is 0 Å². The van der Waals surface area contributed by atoms with Gasteiger partial charge in [0, 0.05) is 26.2 Å². The van der Waals surface area contributed by atoms with Gasteiger partial charge in [-0.05, 0) is 38.6 Å². The van der Waals surface area contributed by atoms with Crippen LogP contribution in [0.1, 0.15) is 29.7 Å². The van der Waals surface area contributed by atoms with Gasteiger partial charge in [0.2, 0.25) is 0 Å². The van der Waals surface area contributed by atoms with Crippen LogP contribution in [0.2, 0.25) is 0 Å². The van der Waals surface area contributed by atoms with Crippen LogP contribution in [0.15, 0.2) is 18.2 Å². The Balaban J connectivity index is 2.78. The normalized spacial score (nSPS) is 12.9. The lowest BCUT2D eigenvalue weighted by Crippen LogP contribution is -2.35. The molecule has 0 aliphatic rings. The van der Waals surface area contributed by atoms with Gasteiger partial charge in [0.1, 0.15) is 0 Å². The van der Waals surface area contributed by atoms with Crippen molar-refractivity contribution >= 4 is 0 Å². The summed E-state index contributed by atoms with van der Waals surface area (Å²) in [7, 11) is 3.90. The van der Waals surface area contributed by atoms with Gasteiger partial charge in [-0.25, -0.2) is 0 Å². The Labute approximate surface area is 118 Å². The molecule has 0 heterocycles. The first-order valence-electron chi connectivity index (χ1n) is 7.06. The number of ether oxygens (including phenoxy) is 1. The van der Waals surface area contributed by atoms with Crippen molar-refractivity contribution in [3.63, 3.8) is 0 Å². The van der Waals surface area contributed by atoms with Crippen LogP contribution in [0.4, 0.5) is 0 Å². The number of aryl methyl sites for hydroxylation is 2. The Morgan fingerprint density at radius 2 is 2.05 bits per heavy atom. The molecule has 108 valence electrons. The van der Waals surface area contributed by atoms with Gasteiger partial charge in [-0.3, -0.25) is 0 Å². The smallest absolute Gasteiger partial charge is 0.0589 e. The lowest BCUT2D eigenvalue weighted by molar-refractivity contribution is 0.155. The zero-order valence-corrected chi connectivity index (χ0v) is 13.0. The third kappa shape index (κ3) is 5.31. The fraction of sp³-hybridized carbons (Fsp3) is 0.625. The van der Waals surface area contributed by atoms with Crippen molar-refractivity contribution in [2.45, 2.75) is 26.8 Å². The summed E-state index contributed by atoms with van der Waals surface area (Å²) in [6.45, 7) is 10.2. The number of nitrogens with one attached hydrogen (secondary N) is 1. The number of hydrogen-bond donors (Lipinski definition) is 1. The summed E-state index contributed by atoms with van der Waals surface area (Å²) in [6.07, 6.45) is 0. The van der Waals surface area contributed by atoms with E-state index in [0.29, 0.717) is 6.04 Å². The Morgan fingerprint density at radius 3 is 2.68 bits per heavy atom. The fourth-order valence-corrected chi connectivity index (χ4v) is 2.30. The monoisotopic (exact) mass is 264 g/mol. The number of likely N-dealkylation sites (N-methyl/N-ethyl adjacent to an activating group) is 2. The van der Waals surface area contributed by atoms with Crippen LogP contribution >= 0.6 is 0 Å². The molecule has 1 unspecified atom stereocenters. The minimum atomic E-state index is 0.381. The van der Waals surface area contributed by atoms with E-state index in [1.165, 1.54) is 16.7 Å². The summed E-state index contributed by atoms with van der Waals surface area (Å²) in [5, 5.41) is 3.59. The molecule has 0 radical (unpaired) electrons. The highest BCUT2D eigenvalue weighted by molar-refractivity contribution is 5.33. The molecule has 1 rings (SSSR count). The highest BCUT2D eigenvalue weighted by Gasteiger charge is 2.15. The molecule has 1 N–H and O–H groups in total. The topological polar surface area (TPSA) is 24.5 Å². The maximum atomic E-state index is 5.14. The average Bonchev–Trinajstić information content (AvgIpc) is 2.38. The molecule has 0 bridgehead atoms. The molecule has 0 spiro atoms. The molecule has 0 amide bonds.